The van der Waals surface area contributed by atoms with Crippen LogP contribution in [0.2, 0.25) is 0 Å². The number of nitrogens with zero attached hydrogens (tertiary/aromatic N) is 1. The van der Waals surface area contributed by atoms with Gasteiger partial charge in [-0.2, -0.15) is 0 Å². The molecule has 0 bridgehead atoms. The maximum absolute atomic E-state index is 5.07. The van der Waals surface area contributed by atoms with Gasteiger partial charge in [0, 0.05) is 34.9 Å². The summed E-state index contributed by atoms with van der Waals surface area (Å²) in [6, 6.07) is 2.18. The molecule has 0 amide bonds. The first-order valence-corrected chi connectivity index (χ1v) is 6.37. The molecule has 1 aromatic heterocycles. The molecule has 1 heterocycles. The lowest BCUT2D eigenvalue weighted by molar-refractivity contribution is 0.148. The molecule has 4 heteroatoms. The molecule has 0 radical (unpaired) electrons. The van der Waals surface area contributed by atoms with Crippen LogP contribution in [0, 0.1) is 0 Å². The molecular formula is C10H16BrNOS. The van der Waals surface area contributed by atoms with Gasteiger partial charge >= 0.3 is 0 Å². The van der Waals surface area contributed by atoms with Crippen molar-refractivity contribution in [3.05, 3.63) is 20.8 Å². The Labute approximate surface area is 98.0 Å². The fourth-order valence-corrected chi connectivity index (χ4v) is 2.72. The van der Waals surface area contributed by atoms with Gasteiger partial charge in [0.15, 0.2) is 0 Å². The molecule has 1 aromatic rings. The van der Waals surface area contributed by atoms with Crippen molar-refractivity contribution >= 4 is 27.3 Å². The SMILES string of the molecule is CCN(CCOC)Cc1cc(Br)cs1. The Balaban J connectivity index is 2.40. The summed E-state index contributed by atoms with van der Waals surface area (Å²) in [5, 5.41) is 2.12. The van der Waals surface area contributed by atoms with E-state index in [0.29, 0.717) is 0 Å². The highest BCUT2D eigenvalue weighted by atomic mass is 79.9. The highest BCUT2D eigenvalue weighted by Crippen LogP contribution is 2.20. The highest BCUT2D eigenvalue weighted by molar-refractivity contribution is 9.10. The normalized spacial score (nSPS) is 11.1. The lowest BCUT2D eigenvalue weighted by atomic mass is 10.4. The third kappa shape index (κ3) is 4.09. The Hall–Kier alpha value is 0.1000. The molecule has 1 rings (SSSR count). The fourth-order valence-electron chi connectivity index (χ4n) is 1.23. The van der Waals surface area contributed by atoms with E-state index in [1.54, 1.807) is 18.4 Å². The number of methoxy groups -OCH3 is 1. The van der Waals surface area contributed by atoms with E-state index in [2.05, 4.69) is 39.2 Å². The number of hydrogen-bond donors (Lipinski definition) is 0. The summed E-state index contributed by atoms with van der Waals surface area (Å²) in [6.07, 6.45) is 0. The second-order valence-electron chi connectivity index (χ2n) is 3.09. The average molecular weight is 278 g/mol. The third-order valence-electron chi connectivity index (χ3n) is 2.06. The van der Waals surface area contributed by atoms with E-state index in [1.165, 1.54) is 9.35 Å². The molecule has 0 atom stereocenters. The zero-order valence-corrected chi connectivity index (χ0v) is 11.0. The van der Waals surface area contributed by atoms with Crippen LogP contribution in [0.3, 0.4) is 0 Å². The number of rotatable bonds is 6. The van der Waals surface area contributed by atoms with Crippen molar-refractivity contribution < 1.29 is 4.74 Å². The molecule has 0 N–H and O–H groups in total. The molecule has 0 unspecified atom stereocenters. The molecule has 0 aliphatic rings. The summed E-state index contributed by atoms with van der Waals surface area (Å²) in [4.78, 5) is 3.77. The first-order valence-electron chi connectivity index (χ1n) is 4.70. The van der Waals surface area contributed by atoms with E-state index in [0.717, 1.165) is 26.2 Å². The molecule has 0 saturated heterocycles. The van der Waals surface area contributed by atoms with Crippen LogP contribution in [0.15, 0.2) is 15.9 Å². The maximum atomic E-state index is 5.07. The first-order chi connectivity index (χ1) is 6.76. The van der Waals surface area contributed by atoms with Crippen LogP contribution in [0.4, 0.5) is 0 Å². The van der Waals surface area contributed by atoms with E-state index in [-0.39, 0.29) is 0 Å². The van der Waals surface area contributed by atoms with Crippen molar-refractivity contribution in [2.45, 2.75) is 13.5 Å². The molecule has 0 saturated carbocycles. The van der Waals surface area contributed by atoms with Crippen LogP contribution in [0.25, 0.3) is 0 Å². The maximum Gasteiger partial charge on any atom is 0.0589 e. The van der Waals surface area contributed by atoms with Crippen molar-refractivity contribution in [1.29, 1.82) is 0 Å². The molecular weight excluding hydrogens is 262 g/mol. The zero-order chi connectivity index (χ0) is 10.4. The largest absolute Gasteiger partial charge is 0.383 e. The summed E-state index contributed by atoms with van der Waals surface area (Å²) in [6.45, 7) is 6.08. The molecule has 0 aliphatic carbocycles. The van der Waals surface area contributed by atoms with Crippen molar-refractivity contribution in [2.75, 3.05) is 26.8 Å². The van der Waals surface area contributed by atoms with E-state index in [1.807, 2.05) is 0 Å². The van der Waals surface area contributed by atoms with Gasteiger partial charge in [-0.25, -0.2) is 0 Å². The Bertz CT molecular complexity index is 264. The molecule has 2 nitrogen and oxygen atoms in total. The fraction of sp³-hybridized carbons (Fsp3) is 0.600. The van der Waals surface area contributed by atoms with E-state index in [9.17, 15) is 0 Å². The lowest BCUT2D eigenvalue weighted by Gasteiger charge is -2.18. The van der Waals surface area contributed by atoms with Crippen molar-refractivity contribution in [1.82, 2.24) is 4.90 Å². The topological polar surface area (TPSA) is 12.5 Å². The Kier molecular flexibility index (Phi) is 5.70. The van der Waals surface area contributed by atoms with Gasteiger partial charge in [-0.1, -0.05) is 6.92 Å². The lowest BCUT2D eigenvalue weighted by Crippen LogP contribution is -2.26. The van der Waals surface area contributed by atoms with Crippen LogP contribution in [-0.2, 0) is 11.3 Å². The van der Waals surface area contributed by atoms with Gasteiger partial charge in [-0.3, -0.25) is 4.90 Å². The van der Waals surface area contributed by atoms with Gasteiger partial charge in [0.05, 0.1) is 6.61 Å². The third-order valence-corrected chi connectivity index (χ3v) is 3.74. The van der Waals surface area contributed by atoms with Gasteiger partial charge < -0.3 is 4.74 Å². The second-order valence-corrected chi connectivity index (χ2v) is 5.00. The standard InChI is InChI=1S/C10H16BrNOS/c1-3-12(4-5-13-2)7-10-6-9(11)8-14-10/h6,8H,3-5,7H2,1-2H3. The predicted octanol–water partition coefficient (Wildman–Crippen LogP) is 2.98. The van der Waals surface area contributed by atoms with Crippen molar-refractivity contribution in [3.8, 4) is 0 Å². The predicted molar refractivity (Wildman–Crippen MR) is 64.8 cm³/mol. The number of thiophene rings is 1. The van der Waals surface area contributed by atoms with E-state index in [4.69, 9.17) is 4.74 Å². The number of likely N-dealkylation sites (N-methyl/N-ethyl adjacent to an activating group) is 1. The molecule has 0 aliphatic heterocycles. The zero-order valence-electron chi connectivity index (χ0n) is 8.62. The van der Waals surface area contributed by atoms with Gasteiger partial charge in [-0.15, -0.1) is 11.3 Å². The molecule has 0 spiro atoms. The smallest absolute Gasteiger partial charge is 0.0589 e. The van der Waals surface area contributed by atoms with Gasteiger partial charge in [0.1, 0.15) is 0 Å². The highest BCUT2D eigenvalue weighted by Gasteiger charge is 2.04. The Morgan fingerprint density at radius 2 is 2.36 bits per heavy atom. The first kappa shape index (κ1) is 12.2. The minimum atomic E-state index is 0.806. The molecule has 0 fully saturated rings. The van der Waals surface area contributed by atoms with E-state index >= 15 is 0 Å². The van der Waals surface area contributed by atoms with Gasteiger partial charge in [-0.05, 0) is 28.5 Å². The average Bonchev–Trinajstić information content (AvgIpc) is 2.58. The molecule has 0 aromatic carbocycles. The van der Waals surface area contributed by atoms with Crippen LogP contribution in [-0.4, -0.2) is 31.7 Å². The number of hydrogen-bond acceptors (Lipinski definition) is 3. The summed E-state index contributed by atoms with van der Waals surface area (Å²) in [5.74, 6) is 0. The number of ether oxygens (including phenoxy) is 1. The minimum Gasteiger partial charge on any atom is -0.383 e. The molecule has 80 valence electrons. The second kappa shape index (κ2) is 6.56. The Morgan fingerprint density at radius 1 is 1.57 bits per heavy atom. The quantitative estimate of drug-likeness (QED) is 0.793. The Morgan fingerprint density at radius 3 is 2.86 bits per heavy atom. The minimum absolute atomic E-state index is 0.806. The van der Waals surface area contributed by atoms with E-state index < -0.39 is 0 Å². The number of halogens is 1. The summed E-state index contributed by atoms with van der Waals surface area (Å²) in [5.41, 5.74) is 0. The summed E-state index contributed by atoms with van der Waals surface area (Å²) < 4.78 is 6.25. The monoisotopic (exact) mass is 277 g/mol. The van der Waals surface area contributed by atoms with Gasteiger partial charge in [0.2, 0.25) is 0 Å². The van der Waals surface area contributed by atoms with Crippen LogP contribution in [0.1, 0.15) is 11.8 Å². The molecule has 14 heavy (non-hydrogen) atoms. The van der Waals surface area contributed by atoms with Crippen LogP contribution < -0.4 is 0 Å². The van der Waals surface area contributed by atoms with Crippen molar-refractivity contribution in [3.63, 3.8) is 0 Å². The summed E-state index contributed by atoms with van der Waals surface area (Å²) >= 11 is 5.26. The van der Waals surface area contributed by atoms with Gasteiger partial charge in [0.25, 0.3) is 0 Å². The van der Waals surface area contributed by atoms with Crippen LogP contribution >= 0.6 is 27.3 Å². The van der Waals surface area contributed by atoms with Crippen molar-refractivity contribution in [2.24, 2.45) is 0 Å². The van der Waals surface area contributed by atoms with Crippen LogP contribution in [0.5, 0.6) is 0 Å². The summed E-state index contributed by atoms with van der Waals surface area (Å²) in [7, 11) is 1.75.